The third-order valence-corrected chi connectivity index (χ3v) is 2.35. The molecular weight excluding hydrogens is 278 g/mol. The van der Waals surface area contributed by atoms with Gasteiger partial charge in [0.2, 0.25) is 5.78 Å². The molecule has 0 bridgehead atoms. The number of benzene rings is 1. The Morgan fingerprint density at radius 2 is 1.94 bits per heavy atom. The van der Waals surface area contributed by atoms with Crippen molar-refractivity contribution in [1.82, 2.24) is 5.32 Å². The fourth-order valence-corrected chi connectivity index (χ4v) is 1.27. The van der Waals surface area contributed by atoms with Crippen molar-refractivity contribution >= 4 is 27.8 Å². The van der Waals surface area contributed by atoms with E-state index < -0.39 is 18.1 Å². The molecule has 0 radical (unpaired) electrons. The first-order valence-corrected chi connectivity index (χ1v) is 5.16. The van der Waals surface area contributed by atoms with Crippen molar-refractivity contribution in [2.45, 2.75) is 6.23 Å². The van der Waals surface area contributed by atoms with E-state index >= 15 is 0 Å². The van der Waals surface area contributed by atoms with Crippen molar-refractivity contribution < 1.29 is 19.4 Å². The van der Waals surface area contributed by atoms with E-state index in [2.05, 4.69) is 20.7 Å². The number of alkyl carbamates (subject to hydrolysis) is 1. The molecule has 0 saturated heterocycles. The van der Waals surface area contributed by atoms with Crippen molar-refractivity contribution in [3.05, 3.63) is 34.3 Å². The summed E-state index contributed by atoms with van der Waals surface area (Å²) >= 11 is 3.22. The van der Waals surface area contributed by atoms with Gasteiger partial charge >= 0.3 is 6.09 Å². The summed E-state index contributed by atoms with van der Waals surface area (Å²) in [5, 5.41) is 11.3. The maximum absolute atomic E-state index is 11.6. The Kier molecular flexibility index (Phi) is 4.45. The van der Waals surface area contributed by atoms with Gasteiger partial charge in [-0.2, -0.15) is 0 Å². The molecule has 1 aromatic carbocycles. The smallest absolute Gasteiger partial charge is 0.409 e. The fraction of sp³-hybridized carbons (Fsp3) is 0.200. The SMILES string of the molecule is COC(=O)NC(O)C(=O)c1ccc(Br)cc1. The molecular formula is C10H10BrNO4. The van der Waals surface area contributed by atoms with Crippen molar-refractivity contribution in [2.24, 2.45) is 0 Å². The van der Waals surface area contributed by atoms with Crippen LogP contribution >= 0.6 is 15.9 Å². The highest BCUT2D eigenvalue weighted by Gasteiger charge is 2.19. The minimum absolute atomic E-state index is 0.298. The Hall–Kier alpha value is -1.40. The number of carbonyl (C=O) groups excluding carboxylic acids is 2. The molecule has 0 spiro atoms. The third-order valence-electron chi connectivity index (χ3n) is 1.82. The summed E-state index contributed by atoms with van der Waals surface area (Å²) in [5.74, 6) is -0.599. The molecule has 5 nitrogen and oxygen atoms in total. The molecule has 1 unspecified atom stereocenters. The Balaban J connectivity index is 2.70. The van der Waals surface area contributed by atoms with Crippen LogP contribution in [0, 0.1) is 0 Å². The molecule has 6 heteroatoms. The molecule has 1 atom stereocenters. The number of rotatable bonds is 3. The van der Waals surface area contributed by atoms with Crippen molar-refractivity contribution in [1.29, 1.82) is 0 Å². The van der Waals surface area contributed by atoms with Gasteiger partial charge in [-0.3, -0.25) is 10.1 Å². The minimum atomic E-state index is -1.60. The molecule has 0 aliphatic rings. The molecule has 0 aliphatic carbocycles. The monoisotopic (exact) mass is 287 g/mol. The third kappa shape index (κ3) is 3.32. The Labute approximate surface area is 101 Å². The van der Waals surface area contributed by atoms with Crippen LogP contribution in [0.25, 0.3) is 0 Å². The molecule has 2 N–H and O–H groups in total. The molecule has 1 rings (SSSR count). The summed E-state index contributed by atoms with van der Waals surface area (Å²) in [6.07, 6.45) is -2.47. The number of hydrogen-bond acceptors (Lipinski definition) is 4. The summed E-state index contributed by atoms with van der Waals surface area (Å²) in [5.41, 5.74) is 0.298. The number of nitrogens with one attached hydrogen (secondary N) is 1. The van der Waals surface area contributed by atoms with Gasteiger partial charge in [0.1, 0.15) is 0 Å². The average molecular weight is 288 g/mol. The number of aliphatic hydroxyl groups excluding tert-OH is 1. The van der Waals surface area contributed by atoms with E-state index in [1.807, 2.05) is 5.32 Å². The zero-order valence-electron chi connectivity index (χ0n) is 8.44. The van der Waals surface area contributed by atoms with Gasteiger partial charge in [-0.25, -0.2) is 4.79 Å². The van der Waals surface area contributed by atoms with Gasteiger partial charge in [-0.1, -0.05) is 28.1 Å². The summed E-state index contributed by atoms with van der Waals surface area (Å²) in [6, 6.07) is 6.40. The summed E-state index contributed by atoms with van der Waals surface area (Å²) in [7, 11) is 1.14. The van der Waals surface area contributed by atoms with Gasteiger partial charge in [0.25, 0.3) is 0 Å². The van der Waals surface area contributed by atoms with E-state index in [-0.39, 0.29) is 0 Å². The van der Waals surface area contributed by atoms with E-state index in [4.69, 9.17) is 0 Å². The van der Waals surface area contributed by atoms with Crippen LogP contribution in [0.4, 0.5) is 4.79 Å². The molecule has 0 fully saturated rings. The first-order chi connectivity index (χ1) is 7.54. The van der Waals surface area contributed by atoms with Crippen LogP contribution in [-0.2, 0) is 4.74 Å². The minimum Gasteiger partial charge on any atom is -0.453 e. The van der Waals surface area contributed by atoms with Crippen LogP contribution in [0.5, 0.6) is 0 Å². The molecule has 0 aromatic heterocycles. The number of amides is 1. The van der Waals surface area contributed by atoms with E-state index in [9.17, 15) is 14.7 Å². The summed E-state index contributed by atoms with van der Waals surface area (Å²) < 4.78 is 5.08. The van der Waals surface area contributed by atoms with Crippen LogP contribution in [0.15, 0.2) is 28.7 Å². The van der Waals surface area contributed by atoms with E-state index in [0.29, 0.717) is 5.56 Å². The highest BCUT2D eigenvalue weighted by Crippen LogP contribution is 2.11. The lowest BCUT2D eigenvalue weighted by Gasteiger charge is -2.10. The molecule has 0 aliphatic heterocycles. The van der Waals surface area contributed by atoms with Crippen molar-refractivity contribution in [3.8, 4) is 0 Å². The van der Waals surface area contributed by atoms with E-state index in [0.717, 1.165) is 11.6 Å². The summed E-state index contributed by atoms with van der Waals surface area (Å²) in [4.78, 5) is 22.3. The first kappa shape index (κ1) is 12.7. The maximum Gasteiger partial charge on any atom is 0.409 e. The zero-order valence-corrected chi connectivity index (χ0v) is 10.0. The van der Waals surface area contributed by atoms with Crippen LogP contribution in [-0.4, -0.2) is 30.3 Å². The largest absolute Gasteiger partial charge is 0.453 e. The van der Waals surface area contributed by atoms with Crippen LogP contribution in [0.1, 0.15) is 10.4 Å². The topological polar surface area (TPSA) is 75.6 Å². The van der Waals surface area contributed by atoms with E-state index in [1.165, 1.54) is 12.1 Å². The predicted molar refractivity (Wildman–Crippen MR) is 60.0 cm³/mol. The van der Waals surface area contributed by atoms with E-state index in [1.54, 1.807) is 12.1 Å². The van der Waals surface area contributed by atoms with Gasteiger partial charge in [-0.05, 0) is 12.1 Å². The zero-order chi connectivity index (χ0) is 12.1. The normalized spacial score (nSPS) is 11.7. The van der Waals surface area contributed by atoms with Gasteiger partial charge in [0.15, 0.2) is 6.23 Å². The van der Waals surface area contributed by atoms with Gasteiger partial charge in [-0.15, -0.1) is 0 Å². The second-order valence-corrected chi connectivity index (χ2v) is 3.83. The number of methoxy groups -OCH3 is 1. The van der Waals surface area contributed by atoms with Crippen LogP contribution in [0.2, 0.25) is 0 Å². The number of halogens is 1. The van der Waals surface area contributed by atoms with Gasteiger partial charge in [0, 0.05) is 10.0 Å². The molecule has 0 heterocycles. The molecule has 0 saturated carbocycles. The number of ether oxygens (including phenoxy) is 1. The van der Waals surface area contributed by atoms with Crippen LogP contribution in [0.3, 0.4) is 0 Å². The molecule has 1 amide bonds. The second kappa shape index (κ2) is 5.62. The van der Waals surface area contributed by atoms with Gasteiger partial charge < -0.3 is 9.84 Å². The van der Waals surface area contributed by atoms with Crippen LogP contribution < -0.4 is 5.32 Å². The van der Waals surface area contributed by atoms with Gasteiger partial charge in [0.05, 0.1) is 7.11 Å². The fourth-order valence-electron chi connectivity index (χ4n) is 1.01. The summed E-state index contributed by atoms with van der Waals surface area (Å²) in [6.45, 7) is 0. The lowest BCUT2D eigenvalue weighted by Crippen LogP contribution is -2.40. The Bertz CT molecular complexity index is 390. The van der Waals surface area contributed by atoms with Crippen molar-refractivity contribution in [2.75, 3.05) is 7.11 Å². The average Bonchev–Trinajstić information content (AvgIpc) is 2.28. The highest BCUT2D eigenvalue weighted by molar-refractivity contribution is 9.10. The molecule has 1 aromatic rings. The maximum atomic E-state index is 11.6. The molecule has 16 heavy (non-hydrogen) atoms. The lowest BCUT2D eigenvalue weighted by molar-refractivity contribution is 0.0651. The first-order valence-electron chi connectivity index (χ1n) is 4.37. The number of aliphatic hydroxyl groups is 1. The number of Topliss-reactive ketones (excluding diaryl/α,β-unsaturated/α-hetero) is 1. The number of ketones is 1. The number of hydrogen-bond donors (Lipinski definition) is 2. The Morgan fingerprint density at radius 3 is 2.44 bits per heavy atom. The van der Waals surface area contributed by atoms with Crippen molar-refractivity contribution in [3.63, 3.8) is 0 Å². The second-order valence-electron chi connectivity index (χ2n) is 2.91. The highest BCUT2D eigenvalue weighted by atomic mass is 79.9. The standard InChI is InChI=1S/C10H10BrNO4/c1-16-10(15)12-9(14)8(13)6-2-4-7(11)5-3-6/h2-5,9,14H,1H3,(H,12,15). The number of carbonyl (C=O) groups is 2. The lowest BCUT2D eigenvalue weighted by atomic mass is 10.1. The quantitative estimate of drug-likeness (QED) is 0.649. The molecule has 86 valence electrons. The Morgan fingerprint density at radius 1 is 1.38 bits per heavy atom. The predicted octanol–water partition coefficient (Wildman–Crippen LogP) is 1.31.